The fourth-order valence-corrected chi connectivity index (χ4v) is 2.59. The van der Waals surface area contributed by atoms with Gasteiger partial charge in [0.15, 0.2) is 0 Å². The Balaban J connectivity index is 2.45. The molecule has 2 rings (SSSR count). The molecule has 0 saturated heterocycles. The highest BCUT2D eigenvalue weighted by atomic mass is 79.9. The second-order valence-electron chi connectivity index (χ2n) is 4.60. The lowest BCUT2D eigenvalue weighted by molar-refractivity contribution is 0.0308. The molecule has 0 bridgehead atoms. The van der Waals surface area contributed by atoms with Crippen molar-refractivity contribution in [1.29, 1.82) is 0 Å². The summed E-state index contributed by atoms with van der Waals surface area (Å²) in [5, 5.41) is 0. The molecule has 0 aromatic heterocycles. The van der Waals surface area contributed by atoms with Crippen LogP contribution in [-0.4, -0.2) is 6.61 Å². The van der Waals surface area contributed by atoms with Crippen LogP contribution in [0, 0.1) is 5.92 Å². The van der Waals surface area contributed by atoms with Gasteiger partial charge in [0.1, 0.15) is 0 Å². The number of benzene rings is 1. The summed E-state index contributed by atoms with van der Waals surface area (Å²) in [7, 11) is 0. The monoisotopic (exact) mass is 268 g/mol. The van der Waals surface area contributed by atoms with Crippen molar-refractivity contribution >= 4 is 15.9 Å². The van der Waals surface area contributed by atoms with Crippen molar-refractivity contribution in [1.82, 2.24) is 0 Å². The summed E-state index contributed by atoms with van der Waals surface area (Å²) in [5.41, 5.74) is 2.81. The van der Waals surface area contributed by atoms with Gasteiger partial charge in [-0.2, -0.15) is 0 Å². The second-order valence-corrected chi connectivity index (χ2v) is 5.51. The minimum Gasteiger partial charge on any atom is -0.373 e. The number of halogens is 1. The smallest absolute Gasteiger partial charge is 0.0800 e. The maximum absolute atomic E-state index is 5.81. The summed E-state index contributed by atoms with van der Waals surface area (Å²) in [5.74, 6) is 1.18. The van der Waals surface area contributed by atoms with Gasteiger partial charge in [-0.05, 0) is 36.1 Å². The van der Waals surface area contributed by atoms with Crippen LogP contribution in [0.15, 0.2) is 22.7 Å². The third-order valence-corrected chi connectivity index (χ3v) is 3.71. The Kier molecular flexibility index (Phi) is 3.17. The second kappa shape index (κ2) is 4.26. The predicted octanol–water partition coefficient (Wildman–Crippen LogP) is 4.28. The van der Waals surface area contributed by atoms with Crippen LogP contribution >= 0.6 is 15.9 Å². The highest BCUT2D eigenvalue weighted by Gasteiger charge is 2.27. The first-order valence-electron chi connectivity index (χ1n) is 5.50. The van der Waals surface area contributed by atoms with E-state index in [9.17, 15) is 0 Å². The molecule has 1 aromatic carbocycles. The Labute approximate surface area is 100.0 Å². The van der Waals surface area contributed by atoms with Crippen molar-refractivity contribution < 1.29 is 4.74 Å². The SMILES string of the molecule is CC1OCC(C(C)C)c2ccc(Br)cc21. The third kappa shape index (κ3) is 2.11. The minimum absolute atomic E-state index is 0.229. The summed E-state index contributed by atoms with van der Waals surface area (Å²) < 4.78 is 6.95. The number of hydrogen-bond donors (Lipinski definition) is 0. The Morgan fingerprint density at radius 3 is 2.73 bits per heavy atom. The Hall–Kier alpha value is -0.340. The summed E-state index contributed by atoms with van der Waals surface area (Å²) in [4.78, 5) is 0. The maximum atomic E-state index is 5.81. The molecular weight excluding hydrogens is 252 g/mol. The molecule has 1 nitrogen and oxygen atoms in total. The zero-order chi connectivity index (χ0) is 11.0. The molecule has 0 spiro atoms. The fourth-order valence-electron chi connectivity index (χ4n) is 2.21. The lowest BCUT2D eigenvalue weighted by Crippen LogP contribution is -2.23. The molecule has 0 radical (unpaired) electrons. The van der Waals surface area contributed by atoms with E-state index in [1.165, 1.54) is 11.1 Å². The van der Waals surface area contributed by atoms with Crippen LogP contribution in [0.2, 0.25) is 0 Å². The summed E-state index contributed by atoms with van der Waals surface area (Å²) in [6.07, 6.45) is 0.229. The van der Waals surface area contributed by atoms with E-state index in [0.29, 0.717) is 11.8 Å². The van der Waals surface area contributed by atoms with Gasteiger partial charge in [0.25, 0.3) is 0 Å². The normalized spacial score (nSPS) is 25.4. The van der Waals surface area contributed by atoms with Gasteiger partial charge < -0.3 is 4.74 Å². The Morgan fingerprint density at radius 1 is 1.33 bits per heavy atom. The first kappa shape index (κ1) is 11.2. The molecule has 15 heavy (non-hydrogen) atoms. The Morgan fingerprint density at radius 2 is 2.07 bits per heavy atom. The molecule has 1 aromatic rings. The maximum Gasteiger partial charge on any atom is 0.0800 e. The third-order valence-electron chi connectivity index (χ3n) is 3.22. The van der Waals surface area contributed by atoms with Gasteiger partial charge in [-0.1, -0.05) is 35.8 Å². The molecule has 2 heteroatoms. The van der Waals surface area contributed by atoms with E-state index in [0.717, 1.165) is 11.1 Å². The summed E-state index contributed by atoms with van der Waals surface area (Å²) >= 11 is 3.52. The van der Waals surface area contributed by atoms with Crippen LogP contribution in [0.5, 0.6) is 0 Å². The van der Waals surface area contributed by atoms with Crippen molar-refractivity contribution in [3.8, 4) is 0 Å². The van der Waals surface area contributed by atoms with E-state index in [2.05, 4.69) is 54.9 Å². The quantitative estimate of drug-likeness (QED) is 0.739. The van der Waals surface area contributed by atoms with Gasteiger partial charge in [0.2, 0.25) is 0 Å². The van der Waals surface area contributed by atoms with E-state index in [1.54, 1.807) is 0 Å². The zero-order valence-corrected chi connectivity index (χ0v) is 11.0. The van der Waals surface area contributed by atoms with Crippen LogP contribution < -0.4 is 0 Å². The molecule has 0 fully saturated rings. The standard InChI is InChI=1S/C13H17BrO/c1-8(2)13-7-15-9(3)12-6-10(14)4-5-11(12)13/h4-6,8-9,13H,7H2,1-3H3. The van der Waals surface area contributed by atoms with E-state index in [-0.39, 0.29) is 6.10 Å². The first-order chi connectivity index (χ1) is 7.09. The van der Waals surface area contributed by atoms with Crippen LogP contribution in [-0.2, 0) is 4.74 Å². The molecule has 0 amide bonds. The van der Waals surface area contributed by atoms with Gasteiger partial charge in [-0.3, -0.25) is 0 Å². The largest absolute Gasteiger partial charge is 0.373 e. The van der Waals surface area contributed by atoms with Gasteiger partial charge in [-0.25, -0.2) is 0 Å². The van der Waals surface area contributed by atoms with Gasteiger partial charge in [-0.15, -0.1) is 0 Å². The number of rotatable bonds is 1. The van der Waals surface area contributed by atoms with E-state index in [1.807, 2.05) is 0 Å². The van der Waals surface area contributed by atoms with Crippen LogP contribution in [0.3, 0.4) is 0 Å². The van der Waals surface area contributed by atoms with Crippen molar-refractivity contribution in [2.24, 2.45) is 5.92 Å². The molecule has 1 aliphatic heterocycles. The molecule has 2 atom stereocenters. The lowest BCUT2D eigenvalue weighted by Gasteiger charge is -2.32. The molecular formula is C13H17BrO. The van der Waals surface area contributed by atoms with Gasteiger partial charge in [0.05, 0.1) is 12.7 Å². The number of fused-ring (bicyclic) bond motifs is 1. The molecule has 82 valence electrons. The molecule has 1 aliphatic rings. The fraction of sp³-hybridized carbons (Fsp3) is 0.538. The first-order valence-corrected chi connectivity index (χ1v) is 6.30. The van der Waals surface area contributed by atoms with Crippen molar-refractivity contribution in [3.63, 3.8) is 0 Å². The molecule has 1 heterocycles. The average molecular weight is 269 g/mol. The summed E-state index contributed by atoms with van der Waals surface area (Å²) in [6.45, 7) is 7.50. The highest BCUT2D eigenvalue weighted by molar-refractivity contribution is 9.10. The molecule has 0 N–H and O–H groups in total. The average Bonchev–Trinajstić information content (AvgIpc) is 2.19. The lowest BCUT2D eigenvalue weighted by atomic mass is 9.83. The van der Waals surface area contributed by atoms with Crippen LogP contribution in [0.1, 0.15) is 43.9 Å². The topological polar surface area (TPSA) is 9.23 Å². The summed E-state index contributed by atoms with van der Waals surface area (Å²) in [6, 6.07) is 6.56. The minimum atomic E-state index is 0.229. The van der Waals surface area contributed by atoms with Gasteiger partial charge in [0, 0.05) is 10.4 Å². The van der Waals surface area contributed by atoms with Crippen LogP contribution in [0.25, 0.3) is 0 Å². The van der Waals surface area contributed by atoms with E-state index in [4.69, 9.17) is 4.74 Å². The van der Waals surface area contributed by atoms with Crippen molar-refractivity contribution in [2.45, 2.75) is 32.8 Å². The van der Waals surface area contributed by atoms with Gasteiger partial charge >= 0.3 is 0 Å². The number of ether oxygens (including phenoxy) is 1. The predicted molar refractivity (Wildman–Crippen MR) is 66.1 cm³/mol. The number of hydrogen-bond acceptors (Lipinski definition) is 1. The Bertz CT molecular complexity index is 360. The van der Waals surface area contributed by atoms with Crippen LogP contribution in [0.4, 0.5) is 0 Å². The van der Waals surface area contributed by atoms with Crippen molar-refractivity contribution in [3.05, 3.63) is 33.8 Å². The van der Waals surface area contributed by atoms with Crippen molar-refractivity contribution in [2.75, 3.05) is 6.61 Å². The highest BCUT2D eigenvalue weighted by Crippen LogP contribution is 2.38. The molecule has 2 unspecified atom stereocenters. The zero-order valence-electron chi connectivity index (χ0n) is 9.46. The van der Waals surface area contributed by atoms with E-state index >= 15 is 0 Å². The van der Waals surface area contributed by atoms with E-state index < -0.39 is 0 Å². The molecule has 0 aliphatic carbocycles. The molecule has 0 saturated carbocycles.